The summed E-state index contributed by atoms with van der Waals surface area (Å²) in [5.74, 6) is 0.526. The van der Waals surface area contributed by atoms with Gasteiger partial charge in [-0.15, -0.1) is 0 Å². The van der Waals surface area contributed by atoms with E-state index in [2.05, 4.69) is 133 Å². The molecule has 0 bridgehead atoms. The average Bonchev–Trinajstić information content (AvgIpc) is 2.81. The first-order valence-corrected chi connectivity index (χ1v) is 17.4. The van der Waals surface area contributed by atoms with Crippen molar-refractivity contribution in [2.75, 3.05) is 6.61 Å². The van der Waals surface area contributed by atoms with E-state index in [1.54, 1.807) is 0 Å². The van der Waals surface area contributed by atoms with Gasteiger partial charge in [0.05, 0.1) is 18.8 Å². The molecule has 0 aromatic rings. The summed E-state index contributed by atoms with van der Waals surface area (Å²) in [6.45, 7) is 33.6. The lowest BCUT2D eigenvalue weighted by Gasteiger charge is -2.60. The minimum atomic E-state index is -1.56. The maximum atomic E-state index is 7.02. The fourth-order valence-corrected chi connectivity index (χ4v) is 8.06. The lowest BCUT2D eigenvalue weighted by atomic mass is 9.48. The van der Waals surface area contributed by atoms with Crippen molar-refractivity contribution in [3.8, 4) is 0 Å². The summed E-state index contributed by atoms with van der Waals surface area (Å²) in [4.78, 5) is 0. The molecular weight excluding hydrogens is 523 g/mol. The van der Waals surface area contributed by atoms with Gasteiger partial charge in [0.25, 0.3) is 0 Å². The van der Waals surface area contributed by atoms with E-state index < -0.39 is 8.60 Å². The fraction of sp³-hybridized carbons (Fsp3) is 0.784. The van der Waals surface area contributed by atoms with Crippen LogP contribution in [-0.4, -0.2) is 18.8 Å². The molecule has 0 amide bonds. The molecule has 3 nitrogen and oxygen atoms in total. The maximum Gasteiger partial charge on any atom is 0.333 e. The van der Waals surface area contributed by atoms with Crippen molar-refractivity contribution in [1.29, 1.82) is 0 Å². The molecule has 0 radical (unpaired) electrons. The Morgan fingerprint density at radius 1 is 0.780 bits per heavy atom. The van der Waals surface area contributed by atoms with E-state index >= 15 is 0 Å². The van der Waals surface area contributed by atoms with Gasteiger partial charge < -0.3 is 13.6 Å². The predicted molar refractivity (Wildman–Crippen MR) is 178 cm³/mol. The molecule has 0 aromatic heterocycles. The van der Waals surface area contributed by atoms with Gasteiger partial charge in [-0.1, -0.05) is 153 Å². The second-order valence-corrected chi connectivity index (χ2v) is 18.3. The number of unbranched alkanes of at least 4 members (excludes halogenated alkanes) is 1. The van der Waals surface area contributed by atoms with Crippen molar-refractivity contribution in [2.24, 2.45) is 38.4 Å². The molecule has 3 rings (SSSR count). The zero-order chi connectivity index (χ0) is 31.1. The number of fused-ring (bicyclic) bond motifs is 2. The molecule has 0 spiro atoms. The lowest BCUT2D eigenvalue weighted by molar-refractivity contribution is -0.0996. The molecule has 1 aliphatic heterocycles. The van der Waals surface area contributed by atoms with Crippen LogP contribution in [0.3, 0.4) is 0 Å². The number of hydrogen-bond acceptors (Lipinski definition) is 3. The Hall–Kier alpha value is -0.730. The molecule has 0 N–H and O–H groups in total. The summed E-state index contributed by atoms with van der Waals surface area (Å²) in [7, 11) is -1.56. The molecule has 41 heavy (non-hydrogen) atoms. The summed E-state index contributed by atoms with van der Waals surface area (Å²) in [6, 6.07) is 0. The Labute approximate surface area is 255 Å². The van der Waals surface area contributed by atoms with Gasteiger partial charge in [0.2, 0.25) is 0 Å². The second-order valence-electron chi connectivity index (χ2n) is 17.2. The highest BCUT2D eigenvalue weighted by atomic mass is 31.2. The van der Waals surface area contributed by atoms with Gasteiger partial charge >= 0.3 is 8.60 Å². The fourth-order valence-electron chi connectivity index (χ4n) is 6.67. The molecular formula is C37H63O3P. The predicted octanol–water partition coefficient (Wildman–Crippen LogP) is 11.8. The SMILES string of the molecule is CCCCC(CC)COP1OC2C=CC(C(C)(C)C)=CC2(C(C)(C)C)CC2(C(C)(C)C)C=C(C(C)(C)C)C=CC2O1. The van der Waals surface area contributed by atoms with Gasteiger partial charge in [0.15, 0.2) is 0 Å². The Bertz CT molecular complexity index is 950. The molecule has 234 valence electrons. The summed E-state index contributed by atoms with van der Waals surface area (Å²) in [5, 5.41) is 0. The Balaban J connectivity index is 2.24. The van der Waals surface area contributed by atoms with E-state index in [1.165, 1.54) is 30.4 Å². The van der Waals surface area contributed by atoms with Crippen LogP contribution in [0.4, 0.5) is 0 Å². The van der Waals surface area contributed by atoms with Crippen LogP contribution < -0.4 is 0 Å². The van der Waals surface area contributed by atoms with Crippen LogP contribution in [0.25, 0.3) is 0 Å². The normalized spacial score (nSPS) is 31.9. The van der Waals surface area contributed by atoms with Crippen molar-refractivity contribution in [2.45, 2.75) is 141 Å². The van der Waals surface area contributed by atoms with E-state index in [0.29, 0.717) is 12.5 Å². The molecule has 4 heteroatoms. The van der Waals surface area contributed by atoms with Crippen molar-refractivity contribution in [3.05, 3.63) is 47.6 Å². The molecule has 0 saturated carbocycles. The number of hydrogen-bond donors (Lipinski definition) is 0. The lowest BCUT2D eigenvalue weighted by Crippen LogP contribution is -2.57. The molecule has 3 aliphatic rings. The summed E-state index contributed by atoms with van der Waals surface area (Å²) < 4.78 is 20.7. The van der Waals surface area contributed by atoms with Gasteiger partial charge in [0.1, 0.15) is 0 Å². The number of rotatable bonds is 7. The third kappa shape index (κ3) is 7.33. The first-order valence-electron chi connectivity index (χ1n) is 16.3. The summed E-state index contributed by atoms with van der Waals surface area (Å²) in [6.07, 6.45) is 19.9. The maximum absolute atomic E-state index is 7.02. The van der Waals surface area contributed by atoms with Gasteiger partial charge in [0, 0.05) is 10.8 Å². The summed E-state index contributed by atoms with van der Waals surface area (Å²) in [5.41, 5.74) is 2.23. The highest BCUT2D eigenvalue weighted by Crippen LogP contribution is 2.66. The molecule has 0 aromatic carbocycles. The molecule has 5 unspecified atom stereocenters. The van der Waals surface area contributed by atoms with E-state index in [4.69, 9.17) is 13.6 Å². The van der Waals surface area contributed by atoms with Crippen LogP contribution in [-0.2, 0) is 13.6 Å². The van der Waals surface area contributed by atoms with Gasteiger partial charge in [-0.3, -0.25) is 0 Å². The molecule has 2 aliphatic carbocycles. The van der Waals surface area contributed by atoms with Crippen LogP contribution in [0.2, 0.25) is 0 Å². The van der Waals surface area contributed by atoms with Crippen LogP contribution in [0, 0.1) is 38.4 Å². The van der Waals surface area contributed by atoms with Gasteiger partial charge in [-0.2, -0.15) is 0 Å². The van der Waals surface area contributed by atoms with E-state index in [9.17, 15) is 0 Å². The first-order chi connectivity index (χ1) is 18.7. The molecule has 1 heterocycles. The molecule has 5 atom stereocenters. The Morgan fingerprint density at radius 3 is 1.56 bits per heavy atom. The van der Waals surface area contributed by atoms with Crippen LogP contribution in [0.5, 0.6) is 0 Å². The first kappa shape index (κ1) is 34.8. The largest absolute Gasteiger partial charge is 0.333 e. The Morgan fingerprint density at radius 2 is 1.22 bits per heavy atom. The van der Waals surface area contributed by atoms with E-state index in [1.807, 2.05) is 0 Å². The van der Waals surface area contributed by atoms with Crippen LogP contribution in [0.15, 0.2) is 47.6 Å². The third-order valence-electron chi connectivity index (χ3n) is 10.2. The van der Waals surface area contributed by atoms with Crippen molar-refractivity contribution >= 4 is 8.60 Å². The smallest absolute Gasteiger partial charge is 0.312 e. The Kier molecular flexibility index (Phi) is 10.5. The van der Waals surface area contributed by atoms with E-state index in [-0.39, 0.29) is 44.7 Å². The zero-order valence-electron chi connectivity index (χ0n) is 29.1. The van der Waals surface area contributed by atoms with Crippen molar-refractivity contribution in [1.82, 2.24) is 0 Å². The zero-order valence-corrected chi connectivity index (χ0v) is 30.0. The minimum absolute atomic E-state index is 0.0423. The van der Waals surface area contributed by atoms with Crippen molar-refractivity contribution < 1.29 is 13.6 Å². The van der Waals surface area contributed by atoms with E-state index in [0.717, 1.165) is 12.8 Å². The summed E-state index contributed by atoms with van der Waals surface area (Å²) >= 11 is 0. The highest BCUT2D eigenvalue weighted by Gasteiger charge is 2.60. The average molecular weight is 587 g/mol. The van der Waals surface area contributed by atoms with Crippen LogP contribution >= 0.6 is 8.60 Å². The highest BCUT2D eigenvalue weighted by molar-refractivity contribution is 7.41. The standard InChI is InChI=1S/C37H63O3P/c1-15-17-18-27(16-2)25-38-41-39-30-21-19-28(32(3,4)5)23-36(30,34(9,10)11)26-37(35(12,13)14)24-29(33(6,7)8)20-22-31(37)40-41/h19-24,27,30-31H,15-18,25-26H2,1-14H3. The van der Waals surface area contributed by atoms with Crippen molar-refractivity contribution in [3.63, 3.8) is 0 Å². The van der Waals surface area contributed by atoms with Crippen LogP contribution in [0.1, 0.15) is 129 Å². The molecule has 1 saturated heterocycles. The minimum Gasteiger partial charge on any atom is -0.312 e. The third-order valence-corrected chi connectivity index (χ3v) is 11.4. The molecule has 1 fully saturated rings. The number of allylic oxidation sites excluding steroid dienone is 4. The van der Waals surface area contributed by atoms with Gasteiger partial charge in [-0.05, 0) is 51.6 Å². The second kappa shape index (κ2) is 12.3. The monoisotopic (exact) mass is 586 g/mol. The van der Waals surface area contributed by atoms with Gasteiger partial charge in [-0.25, -0.2) is 0 Å². The topological polar surface area (TPSA) is 27.7 Å². The quantitative estimate of drug-likeness (QED) is 0.278.